The van der Waals surface area contributed by atoms with Crippen molar-refractivity contribution in [3.63, 3.8) is 0 Å². The van der Waals surface area contributed by atoms with E-state index in [1.807, 2.05) is 30.3 Å². The summed E-state index contributed by atoms with van der Waals surface area (Å²) in [5.74, 6) is 1.72. The van der Waals surface area contributed by atoms with Gasteiger partial charge in [-0.25, -0.2) is 0 Å². The van der Waals surface area contributed by atoms with Gasteiger partial charge in [0.2, 0.25) is 0 Å². The molecule has 0 aliphatic carbocycles. The monoisotopic (exact) mass is 470 g/mol. The first-order valence-electron chi connectivity index (χ1n) is 13.1. The quantitative estimate of drug-likeness (QED) is 0.197. The molecule has 3 aromatic rings. The van der Waals surface area contributed by atoms with Gasteiger partial charge in [0.05, 0.1) is 17.9 Å². The van der Waals surface area contributed by atoms with Crippen LogP contribution < -0.4 is 9.47 Å². The van der Waals surface area contributed by atoms with Crippen LogP contribution in [0, 0.1) is 11.3 Å². The van der Waals surface area contributed by atoms with Gasteiger partial charge in [-0.2, -0.15) is 5.26 Å². The van der Waals surface area contributed by atoms with E-state index in [1.165, 1.54) is 57.8 Å². The lowest BCUT2D eigenvalue weighted by molar-refractivity contribution is 0.301. The largest absolute Gasteiger partial charge is 0.494 e. The van der Waals surface area contributed by atoms with E-state index < -0.39 is 0 Å². The highest BCUT2D eigenvalue weighted by Crippen LogP contribution is 2.25. The van der Waals surface area contributed by atoms with Gasteiger partial charge in [0.1, 0.15) is 24.2 Å². The highest BCUT2D eigenvalue weighted by molar-refractivity contribution is 5.64. The summed E-state index contributed by atoms with van der Waals surface area (Å²) >= 11 is 0. The summed E-state index contributed by atoms with van der Waals surface area (Å²) in [6.45, 7) is 3.43. The van der Waals surface area contributed by atoms with E-state index in [0.717, 1.165) is 41.3 Å². The third kappa shape index (κ3) is 9.83. The number of rotatable bonds is 16. The molecule has 1 heterocycles. The lowest BCUT2D eigenvalue weighted by Gasteiger charge is -2.09. The van der Waals surface area contributed by atoms with Gasteiger partial charge < -0.3 is 9.47 Å². The number of nitriles is 1. The Labute approximate surface area is 210 Å². The number of nitrogens with zero attached hydrogens (tertiary/aromatic N) is 2. The Bertz CT molecular complexity index is 1010. The molecular formula is C31H38N2O2. The summed E-state index contributed by atoms with van der Waals surface area (Å²) in [5.41, 5.74) is 3.63. The molecule has 0 spiro atoms. The minimum atomic E-state index is 0.371. The molecule has 35 heavy (non-hydrogen) atoms. The molecule has 4 heteroatoms. The van der Waals surface area contributed by atoms with Crippen molar-refractivity contribution in [2.45, 2.75) is 77.7 Å². The molecule has 0 aliphatic heterocycles. The standard InChI is InChI=1S/C31H38N2O2/c1-2-3-4-5-6-7-8-9-10-11-22-34-30-18-13-27(14-19-30)28-15-20-31(21-16-28)35-25-29-17-12-26(23-32)24-33-29/h12-21,24H,2-11,22,25H2,1H3. The van der Waals surface area contributed by atoms with Crippen molar-refractivity contribution in [2.75, 3.05) is 6.61 Å². The number of ether oxygens (including phenoxy) is 2. The number of hydrogen-bond acceptors (Lipinski definition) is 4. The minimum Gasteiger partial charge on any atom is -0.494 e. The van der Waals surface area contributed by atoms with Crippen LogP contribution in [0.25, 0.3) is 11.1 Å². The van der Waals surface area contributed by atoms with E-state index in [2.05, 4.69) is 42.2 Å². The molecule has 0 N–H and O–H groups in total. The van der Waals surface area contributed by atoms with Gasteiger partial charge >= 0.3 is 0 Å². The Hall–Kier alpha value is -3.32. The molecular weight excluding hydrogens is 432 g/mol. The van der Waals surface area contributed by atoms with Gasteiger partial charge in [0.25, 0.3) is 0 Å². The number of hydrogen-bond donors (Lipinski definition) is 0. The van der Waals surface area contributed by atoms with Gasteiger partial charge in [-0.15, -0.1) is 0 Å². The number of pyridine rings is 1. The van der Waals surface area contributed by atoms with Crippen molar-refractivity contribution < 1.29 is 9.47 Å². The van der Waals surface area contributed by atoms with Crippen LogP contribution in [0.3, 0.4) is 0 Å². The third-order valence-electron chi connectivity index (χ3n) is 6.15. The van der Waals surface area contributed by atoms with Gasteiger partial charge in [0.15, 0.2) is 0 Å². The van der Waals surface area contributed by atoms with Crippen molar-refractivity contribution >= 4 is 0 Å². The van der Waals surface area contributed by atoms with Gasteiger partial charge in [-0.1, -0.05) is 89.0 Å². The number of unbranched alkanes of at least 4 members (excludes halogenated alkanes) is 9. The van der Waals surface area contributed by atoms with Crippen LogP contribution >= 0.6 is 0 Å². The highest BCUT2D eigenvalue weighted by Gasteiger charge is 2.02. The predicted molar refractivity (Wildman–Crippen MR) is 143 cm³/mol. The maximum absolute atomic E-state index is 8.85. The molecule has 0 saturated heterocycles. The van der Waals surface area contributed by atoms with E-state index in [9.17, 15) is 0 Å². The van der Waals surface area contributed by atoms with Crippen LogP contribution in [0.15, 0.2) is 66.9 Å². The van der Waals surface area contributed by atoms with E-state index in [4.69, 9.17) is 14.7 Å². The Kier molecular flexibility index (Phi) is 11.7. The smallest absolute Gasteiger partial charge is 0.130 e. The van der Waals surface area contributed by atoms with Gasteiger partial charge in [-0.05, 0) is 53.9 Å². The number of aromatic nitrogens is 1. The van der Waals surface area contributed by atoms with Crippen LogP contribution in [-0.2, 0) is 6.61 Å². The predicted octanol–water partition coefficient (Wildman–Crippen LogP) is 8.50. The lowest BCUT2D eigenvalue weighted by atomic mass is 10.1. The Morgan fingerprint density at radius 3 is 1.71 bits per heavy atom. The Balaban J connectivity index is 1.32. The topological polar surface area (TPSA) is 55.1 Å². The fraction of sp³-hybridized carbons (Fsp3) is 0.419. The second-order valence-corrected chi connectivity index (χ2v) is 9.02. The zero-order chi connectivity index (χ0) is 24.6. The fourth-order valence-corrected chi connectivity index (χ4v) is 4.00. The summed E-state index contributed by atoms with van der Waals surface area (Å²) < 4.78 is 11.7. The van der Waals surface area contributed by atoms with Crippen LogP contribution in [0.1, 0.15) is 82.4 Å². The highest BCUT2D eigenvalue weighted by atomic mass is 16.5. The molecule has 1 aromatic heterocycles. The molecule has 4 nitrogen and oxygen atoms in total. The van der Waals surface area contributed by atoms with Gasteiger partial charge in [0, 0.05) is 6.20 Å². The van der Waals surface area contributed by atoms with E-state index in [0.29, 0.717) is 12.2 Å². The average molecular weight is 471 g/mol. The second kappa shape index (κ2) is 15.6. The van der Waals surface area contributed by atoms with Crippen molar-refractivity contribution in [3.05, 3.63) is 78.1 Å². The van der Waals surface area contributed by atoms with E-state index in [-0.39, 0.29) is 0 Å². The molecule has 0 unspecified atom stereocenters. The second-order valence-electron chi connectivity index (χ2n) is 9.02. The zero-order valence-corrected chi connectivity index (χ0v) is 21.0. The SMILES string of the molecule is CCCCCCCCCCCCOc1ccc(-c2ccc(OCc3ccc(C#N)cn3)cc2)cc1. The first-order chi connectivity index (χ1) is 17.3. The van der Waals surface area contributed by atoms with Gasteiger partial charge in [-0.3, -0.25) is 4.98 Å². The minimum absolute atomic E-state index is 0.371. The molecule has 0 amide bonds. The maximum Gasteiger partial charge on any atom is 0.130 e. The van der Waals surface area contributed by atoms with Crippen LogP contribution in [0.4, 0.5) is 0 Å². The molecule has 3 rings (SSSR count). The average Bonchev–Trinajstić information content (AvgIpc) is 2.91. The summed E-state index contributed by atoms with van der Waals surface area (Å²) in [7, 11) is 0. The molecule has 0 aliphatic rings. The first-order valence-corrected chi connectivity index (χ1v) is 13.1. The third-order valence-corrected chi connectivity index (χ3v) is 6.15. The summed E-state index contributed by atoms with van der Waals surface area (Å²) in [6.07, 6.45) is 14.9. The van der Waals surface area contributed by atoms with Crippen molar-refractivity contribution in [3.8, 4) is 28.7 Å². The molecule has 0 saturated carbocycles. The Morgan fingerprint density at radius 2 is 1.20 bits per heavy atom. The molecule has 0 bridgehead atoms. The normalized spacial score (nSPS) is 10.6. The van der Waals surface area contributed by atoms with E-state index in [1.54, 1.807) is 12.3 Å². The van der Waals surface area contributed by atoms with Crippen LogP contribution in [-0.4, -0.2) is 11.6 Å². The molecule has 0 radical (unpaired) electrons. The maximum atomic E-state index is 8.85. The first kappa shape index (κ1) is 26.3. The van der Waals surface area contributed by atoms with Crippen molar-refractivity contribution in [1.82, 2.24) is 4.98 Å². The summed E-state index contributed by atoms with van der Waals surface area (Å²) in [6, 6.07) is 22.0. The fourth-order valence-electron chi connectivity index (χ4n) is 4.00. The van der Waals surface area contributed by atoms with Crippen LogP contribution in [0.5, 0.6) is 11.5 Å². The molecule has 184 valence electrons. The lowest BCUT2D eigenvalue weighted by Crippen LogP contribution is -1.98. The van der Waals surface area contributed by atoms with Crippen molar-refractivity contribution in [2.24, 2.45) is 0 Å². The summed E-state index contributed by atoms with van der Waals surface area (Å²) in [4.78, 5) is 4.23. The van der Waals surface area contributed by atoms with Crippen LogP contribution in [0.2, 0.25) is 0 Å². The molecule has 0 fully saturated rings. The van der Waals surface area contributed by atoms with E-state index >= 15 is 0 Å². The molecule has 0 atom stereocenters. The zero-order valence-electron chi connectivity index (χ0n) is 21.0. The molecule has 2 aromatic carbocycles. The Morgan fingerprint density at radius 1 is 0.657 bits per heavy atom. The summed E-state index contributed by atoms with van der Waals surface area (Å²) in [5, 5.41) is 8.85. The number of benzene rings is 2. The van der Waals surface area contributed by atoms with Crippen molar-refractivity contribution in [1.29, 1.82) is 5.26 Å².